The highest BCUT2D eigenvalue weighted by Gasteiger charge is 2.44. The molecule has 4 heterocycles. The van der Waals surface area contributed by atoms with Gasteiger partial charge in [-0.2, -0.15) is 0 Å². The number of piperidine rings is 1. The summed E-state index contributed by atoms with van der Waals surface area (Å²) in [5, 5.41) is 4.63. The summed E-state index contributed by atoms with van der Waals surface area (Å²) in [6.45, 7) is 5.29. The van der Waals surface area contributed by atoms with Crippen molar-refractivity contribution in [2.24, 2.45) is 0 Å². The van der Waals surface area contributed by atoms with Gasteiger partial charge in [0.1, 0.15) is 17.8 Å². The molecule has 5 nitrogen and oxygen atoms in total. The predicted molar refractivity (Wildman–Crippen MR) is 121 cm³/mol. The molecule has 1 spiro atoms. The molecule has 1 fully saturated rings. The van der Waals surface area contributed by atoms with E-state index in [2.05, 4.69) is 75.6 Å². The van der Waals surface area contributed by atoms with Crippen molar-refractivity contribution in [1.29, 1.82) is 0 Å². The number of H-pyrrole nitrogens is 1. The number of nitrogens with zero attached hydrogens (tertiary/aromatic N) is 3. The molecular formula is C25H25N5. The summed E-state index contributed by atoms with van der Waals surface area (Å²) in [7, 11) is 0. The van der Waals surface area contributed by atoms with Crippen LogP contribution < -0.4 is 10.2 Å². The van der Waals surface area contributed by atoms with Crippen LogP contribution in [0.5, 0.6) is 0 Å². The van der Waals surface area contributed by atoms with Gasteiger partial charge in [-0.15, -0.1) is 0 Å². The van der Waals surface area contributed by atoms with Gasteiger partial charge in [0.2, 0.25) is 0 Å². The van der Waals surface area contributed by atoms with E-state index in [1.807, 2.05) is 6.20 Å². The molecule has 0 unspecified atom stereocenters. The summed E-state index contributed by atoms with van der Waals surface area (Å²) >= 11 is 0. The first-order valence-corrected chi connectivity index (χ1v) is 10.7. The zero-order valence-corrected chi connectivity index (χ0v) is 17.2. The topological polar surface area (TPSA) is 56.8 Å². The van der Waals surface area contributed by atoms with Crippen molar-refractivity contribution in [3.05, 3.63) is 72.2 Å². The molecule has 2 N–H and O–H groups in total. The van der Waals surface area contributed by atoms with Gasteiger partial charge in [-0.3, -0.25) is 0 Å². The monoisotopic (exact) mass is 395 g/mol. The number of aromatic amines is 1. The lowest BCUT2D eigenvalue weighted by atomic mass is 9.74. The van der Waals surface area contributed by atoms with Crippen LogP contribution in [0.25, 0.3) is 22.2 Å². The molecule has 4 aromatic rings. The molecule has 150 valence electrons. The first-order chi connectivity index (χ1) is 14.8. The molecule has 0 aliphatic carbocycles. The van der Waals surface area contributed by atoms with E-state index in [-0.39, 0.29) is 5.41 Å². The molecule has 0 amide bonds. The van der Waals surface area contributed by atoms with Gasteiger partial charge in [0.05, 0.1) is 5.39 Å². The van der Waals surface area contributed by atoms with Crippen LogP contribution in [0.2, 0.25) is 0 Å². The Bertz CT molecular complexity index is 1240. The van der Waals surface area contributed by atoms with Crippen molar-refractivity contribution in [3.63, 3.8) is 0 Å². The third kappa shape index (κ3) is 2.58. The fourth-order valence-corrected chi connectivity index (χ4v) is 5.33. The standard InChI is InChI=1S/C25H25N5/c1-17-4-2-3-5-19(17)18-6-7-22-21(14-18)25(9-12-26-13-10-25)15-30(22)24-20-8-11-27-23(20)28-16-29-24/h2-8,11,14,16,26H,9-10,12-13,15H2,1H3,(H,27,28,29). The van der Waals surface area contributed by atoms with Crippen molar-refractivity contribution in [1.82, 2.24) is 20.3 Å². The highest BCUT2D eigenvalue weighted by atomic mass is 15.2. The SMILES string of the molecule is Cc1ccccc1-c1ccc2c(c1)C1(CCNCC1)CN2c1ncnc2[nH]ccc12. The molecule has 2 aliphatic rings. The first-order valence-electron chi connectivity index (χ1n) is 10.7. The summed E-state index contributed by atoms with van der Waals surface area (Å²) in [5.74, 6) is 1.00. The largest absolute Gasteiger partial charge is 0.346 e. The Balaban J connectivity index is 1.54. The smallest absolute Gasteiger partial charge is 0.145 e. The number of nitrogens with one attached hydrogen (secondary N) is 2. The molecule has 0 bridgehead atoms. The summed E-state index contributed by atoms with van der Waals surface area (Å²) < 4.78 is 0. The van der Waals surface area contributed by atoms with Crippen molar-refractivity contribution in [2.75, 3.05) is 24.5 Å². The Morgan fingerprint density at radius 2 is 1.87 bits per heavy atom. The number of fused-ring (bicyclic) bond motifs is 3. The minimum atomic E-state index is 0.160. The van der Waals surface area contributed by atoms with Crippen LogP contribution in [-0.4, -0.2) is 34.6 Å². The zero-order valence-electron chi connectivity index (χ0n) is 17.2. The van der Waals surface area contributed by atoms with Gasteiger partial charge in [0.25, 0.3) is 0 Å². The van der Waals surface area contributed by atoms with E-state index in [0.29, 0.717) is 0 Å². The third-order valence-electron chi connectivity index (χ3n) is 6.92. The van der Waals surface area contributed by atoms with Gasteiger partial charge < -0.3 is 15.2 Å². The number of hydrogen-bond donors (Lipinski definition) is 2. The highest BCUT2D eigenvalue weighted by molar-refractivity contribution is 5.91. The molecule has 2 aromatic heterocycles. The lowest BCUT2D eigenvalue weighted by molar-refractivity contribution is 0.329. The average Bonchev–Trinajstić information content (AvgIpc) is 3.38. The van der Waals surface area contributed by atoms with Crippen LogP contribution in [0.3, 0.4) is 0 Å². The molecule has 0 radical (unpaired) electrons. The quantitative estimate of drug-likeness (QED) is 0.516. The maximum absolute atomic E-state index is 4.71. The molecule has 1 saturated heterocycles. The van der Waals surface area contributed by atoms with Crippen LogP contribution >= 0.6 is 0 Å². The van der Waals surface area contributed by atoms with Crippen molar-refractivity contribution >= 4 is 22.5 Å². The van der Waals surface area contributed by atoms with Gasteiger partial charge in [0.15, 0.2) is 0 Å². The molecular weight excluding hydrogens is 370 g/mol. The van der Waals surface area contributed by atoms with Gasteiger partial charge in [-0.05, 0) is 73.3 Å². The van der Waals surface area contributed by atoms with Crippen LogP contribution in [-0.2, 0) is 5.41 Å². The minimum Gasteiger partial charge on any atom is -0.346 e. The second-order valence-electron chi connectivity index (χ2n) is 8.60. The number of rotatable bonds is 2. The first kappa shape index (κ1) is 17.7. The van der Waals surface area contributed by atoms with Crippen molar-refractivity contribution in [2.45, 2.75) is 25.2 Å². The molecule has 0 atom stereocenters. The Morgan fingerprint density at radius 1 is 1.00 bits per heavy atom. The molecule has 0 saturated carbocycles. The van der Waals surface area contributed by atoms with Crippen LogP contribution in [0, 0.1) is 6.92 Å². The minimum absolute atomic E-state index is 0.160. The van der Waals surface area contributed by atoms with E-state index in [9.17, 15) is 0 Å². The van der Waals surface area contributed by atoms with Crippen molar-refractivity contribution in [3.8, 4) is 11.1 Å². The normalized spacial score (nSPS) is 17.6. The zero-order chi connectivity index (χ0) is 20.1. The Kier molecular flexibility index (Phi) is 3.93. The fourth-order valence-electron chi connectivity index (χ4n) is 5.33. The Hall–Kier alpha value is -3.18. The van der Waals surface area contributed by atoms with Crippen molar-refractivity contribution < 1.29 is 0 Å². The van der Waals surface area contributed by atoms with Crippen LogP contribution in [0.1, 0.15) is 24.0 Å². The maximum atomic E-state index is 4.71. The number of anilines is 2. The Morgan fingerprint density at radius 3 is 2.73 bits per heavy atom. The van der Waals surface area contributed by atoms with Crippen LogP contribution in [0.4, 0.5) is 11.5 Å². The second-order valence-corrected chi connectivity index (χ2v) is 8.60. The lowest BCUT2D eigenvalue weighted by Gasteiger charge is -2.35. The molecule has 5 heteroatoms. The number of aryl methyl sites for hydroxylation is 1. The third-order valence-corrected chi connectivity index (χ3v) is 6.92. The molecule has 2 aromatic carbocycles. The number of hydrogen-bond acceptors (Lipinski definition) is 4. The molecule has 6 rings (SSSR count). The van der Waals surface area contributed by atoms with E-state index in [0.717, 1.165) is 49.3 Å². The number of aromatic nitrogens is 3. The summed E-state index contributed by atoms with van der Waals surface area (Å²) in [6, 6.07) is 17.8. The summed E-state index contributed by atoms with van der Waals surface area (Å²) in [6.07, 6.45) is 5.91. The van der Waals surface area contributed by atoms with E-state index in [1.54, 1.807) is 6.33 Å². The Labute approximate surface area is 176 Å². The highest BCUT2D eigenvalue weighted by Crippen LogP contribution is 2.50. The molecule has 2 aliphatic heterocycles. The van der Waals surface area contributed by atoms with E-state index in [1.165, 1.54) is 27.9 Å². The lowest BCUT2D eigenvalue weighted by Crippen LogP contribution is -2.42. The van der Waals surface area contributed by atoms with Gasteiger partial charge in [-0.25, -0.2) is 9.97 Å². The average molecular weight is 396 g/mol. The van der Waals surface area contributed by atoms with Gasteiger partial charge >= 0.3 is 0 Å². The van der Waals surface area contributed by atoms with E-state index >= 15 is 0 Å². The second kappa shape index (κ2) is 6.67. The van der Waals surface area contributed by atoms with Gasteiger partial charge in [-0.1, -0.05) is 30.3 Å². The van der Waals surface area contributed by atoms with Crippen LogP contribution in [0.15, 0.2) is 61.1 Å². The van der Waals surface area contributed by atoms with Gasteiger partial charge in [0, 0.05) is 23.8 Å². The van der Waals surface area contributed by atoms with E-state index in [4.69, 9.17) is 4.98 Å². The number of benzene rings is 2. The summed E-state index contributed by atoms with van der Waals surface area (Å²) in [5.41, 5.74) is 7.75. The fraction of sp³-hybridized carbons (Fsp3) is 0.280. The molecule has 30 heavy (non-hydrogen) atoms. The van der Waals surface area contributed by atoms with E-state index < -0.39 is 0 Å². The maximum Gasteiger partial charge on any atom is 0.145 e. The summed E-state index contributed by atoms with van der Waals surface area (Å²) in [4.78, 5) is 14.7. The predicted octanol–water partition coefficient (Wildman–Crippen LogP) is 4.71.